The molecular weight excluding hydrogens is 427 g/mol. The summed E-state index contributed by atoms with van der Waals surface area (Å²) in [5.74, 6) is 0.401. The highest BCUT2D eigenvalue weighted by atomic mass is 127. The number of guanidine groups is 1. The summed E-state index contributed by atoms with van der Waals surface area (Å²) in [6.07, 6.45) is 0. The summed E-state index contributed by atoms with van der Waals surface area (Å²) in [5, 5.41) is 3.16. The van der Waals surface area contributed by atoms with Gasteiger partial charge in [0.2, 0.25) is 0 Å². The lowest BCUT2D eigenvalue weighted by Crippen LogP contribution is -2.23. The molecule has 0 bridgehead atoms. The second-order valence-corrected chi connectivity index (χ2v) is 5.92. The Morgan fingerprint density at radius 1 is 1.04 bits per heavy atom. The van der Waals surface area contributed by atoms with Gasteiger partial charge in [-0.25, -0.2) is 4.99 Å². The summed E-state index contributed by atoms with van der Waals surface area (Å²) in [6.45, 7) is 1.97. The van der Waals surface area contributed by atoms with E-state index in [4.69, 9.17) is 10.5 Å². The van der Waals surface area contributed by atoms with Crippen LogP contribution in [0, 0.1) is 0 Å². The Morgan fingerprint density at radius 3 is 2.28 bits per heavy atom. The SMILES string of the molecule is COCc1ccccc1NC(N)=NCc1ccccc1CN(C)C.I. The Balaban J connectivity index is 0.00000312. The second-order valence-electron chi connectivity index (χ2n) is 5.92. The zero-order valence-electron chi connectivity index (χ0n) is 15.0. The lowest BCUT2D eigenvalue weighted by molar-refractivity contribution is 0.185. The van der Waals surface area contributed by atoms with E-state index >= 15 is 0 Å². The normalized spacial score (nSPS) is 11.3. The van der Waals surface area contributed by atoms with Crippen LogP contribution >= 0.6 is 24.0 Å². The molecule has 0 aliphatic heterocycles. The molecular formula is C19H27IN4O. The van der Waals surface area contributed by atoms with Crippen molar-refractivity contribution < 1.29 is 4.74 Å². The highest BCUT2D eigenvalue weighted by Gasteiger charge is 2.04. The van der Waals surface area contributed by atoms with E-state index < -0.39 is 0 Å². The van der Waals surface area contributed by atoms with Crippen molar-refractivity contribution >= 4 is 35.6 Å². The van der Waals surface area contributed by atoms with Crippen molar-refractivity contribution in [3.05, 3.63) is 65.2 Å². The largest absolute Gasteiger partial charge is 0.380 e. The first-order chi connectivity index (χ1) is 11.6. The Morgan fingerprint density at radius 2 is 1.64 bits per heavy atom. The molecule has 0 atom stereocenters. The predicted molar refractivity (Wildman–Crippen MR) is 115 cm³/mol. The average molecular weight is 454 g/mol. The van der Waals surface area contributed by atoms with Crippen LogP contribution < -0.4 is 11.1 Å². The first-order valence-corrected chi connectivity index (χ1v) is 7.95. The van der Waals surface area contributed by atoms with Gasteiger partial charge in [-0.05, 0) is 31.3 Å². The van der Waals surface area contributed by atoms with Crippen LogP contribution in [0.2, 0.25) is 0 Å². The molecule has 0 unspecified atom stereocenters. The van der Waals surface area contributed by atoms with Gasteiger partial charge in [-0.2, -0.15) is 0 Å². The second kappa shape index (κ2) is 11.1. The van der Waals surface area contributed by atoms with Crippen LogP contribution in [0.5, 0.6) is 0 Å². The molecule has 25 heavy (non-hydrogen) atoms. The van der Waals surface area contributed by atoms with Gasteiger partial charge in [0.05, 0.1) is 13.2 Å². The summed E-state index contributed by atoms with van der Waals surface area (Å²) in [7, 11) is 5.79. The number of nitrogens with two attached hydrogens (primary N) is 1. The molecule has 0 aliphatic carbocycles. The van der Waals surface area contributed by atoms with Crippen LogP contribution in [0.3, 0.4) is 0 Å². The van der Waals surface area contributed by atoms with Crippen LogP contribution in [0.1, 0.15) is 16.7 Å². The van der Waals surface area contributed by atoms with Crippen molar-refractivity contribution in [3.63, 3.8) is 0 Å². The minimum absolute atomic E-state index is 0. The lowest BCUT2D eigenvalue weighted by atomic mass is 10.1. The number of ether oxygens (including phenoxy) is 1. The van der Waals surface area contributed by atoms with E-state index in [0.717, 1.165) is 17.8 Å². The first-order valence-electron chi connectivity index (χ1n) is 7.95. The third-order valence-electron chi connectivity index (χ3n) is 3.60. The lowest BCUT2D eigenvalue weighted by Gasteiger charge is -2.14. The maximum atomic E-state index is 6.06. The van der Waals surface area contributed by atoms with E-state index in [1.54, 1.807) is 7.11 Å². The van der Waals surface area contributed by atoms with Crippen molar-refractivity contribution in [1.82, 2.24) is 4.90 Å². The molecule has 3 N–H and O–H groups in total. The van der Waals surface area contributed by atoms with E-state index in [9.17, 15) is 0 Å². The molecule has 0 aromatic heterocycles. The monoisotopic (exact) mass is 454 g/mol. The predicted octanol–water partition coefficient (Wildman–Crippen LogP) is 3.44. The molecule has 2 aromatic rings. The first kappa shape index (κ1) is 21.4. The molecule has 0 spiro atoms. The Hall–Kier alpha value is -1.64. The molecule has 5 nitrogen and oxygen atoms in total. The Labute approximate surface area is 167 Å². The maximum absolute atomic E-state index is 6.06. The van der Waals surface area contributed by atoms with Gasteiger partial charge in [0.25, 0.3) is 0 Å². The van der Waals surface area contributed by atoms with E-state index in [2.05, 4.69) is 47.5 Å². The van der Waals surface area contributed by atoms with Crippen LogP contribution in [0.4, 0.5) is 5.69 Å². The minimum Gasteiger partial charge on any atom is -0.380 e. The van der Waals surface area contributed by atoms with Crippen LogP contribution in [-0.2, 0) is 24.4 Å². The van der Waals surface area contributed by atoms with Crippen LogP contribution in [-0.4, -0.2) is 32.1 Å². The number of nitrogens with one attached hydrogen (secondary N) is 1. The van der Waals surface area contributed by atoms with Crippen molar-refractivity contribution in [1.29, 1.82) is 0 Å². The average Bonchev–Trinajstić information content (AvgIpc) is 2.55. The van der Waals surface area contributed by atoms with E-state index in [-0.39, 0.29) is 24.0 Å². The molecule has 0 saturated heterocycles. The third kappa shape index (κ3) is 7.01. The number of anilines is 1. The van der Waals surface area contributed by atoms with Gasteiger partial charge in [0.1, 0.15) is 0 Å². The number of aliphatic imine (C=N–C) groups is 1. The molecule has 0 radical (unpaired) electrons. The zero-order chi connectivity index (χ0) is 17.4. The Kier molecular flexibility index (Phi) is 9.48. The summed E-state index contributed by atoms with van der Waals surface area (Å²) >= 11 is 0. The molecule has 136 valence electrons. The minimum atomic E-state index is 0. The molecule has 2 rings (SSSR count). The number of hydrogen-bond donors (Lipinski definition) is 2. The van der Waals surface area contributed by atoms with Gasteiger partial charge < -0.3 is 20.7 Å². The Bertz CT molecular complexity index is 689. The van der Waals surface area contributed by atoms with Crippen LogP contribution in [0.15, 0.2) is 53.5 Å². The number of para-hydroxylation sites is 1. The van der Waals surface area contributed by atoms with E-state index in [1.165, 1.54) is 11.1 Å². The van der Waals surface area contributed by atoms with Gasteiger partial charge in [0.15, 0.2) is 5.96 Å². The number of methoxy groups -OCH3 is 1. The van der Waals surface area contributed by atoms with Gasteiger partial charge in [-0.3, -0.25) is 0 Å². The summed E-state index contributed by atoms with van der Waals surface area (Å²) < 4.78 is 5.21. The van der Waals surface area contributed by atoms with Crippen molar-refractivity contribution in [2.75, 3.05) is 26.5 Å². The zero-order valence-corrected chi connectivity index (χ0v) is 17.4. The molecule has 0 aliphatic rings. The fourth-order valence-corrected chi connectivity index (χ4v) is 2.48. The fourth-order valence-electron chi connectivity index (χ4n) is 2.48. The molecule has 6 heteroatoms. The van der Waals surface area contributed by atoms with Gasteiger partial charge in [-0.1, -0.05) is 42.5 Å². The fraction of sp³-hybridized carbons (Fsp3) is 0.316. The van der Waals surface area contributed by atoms with Gasteiger partial charge in [-0.15, -0.1) is 24.0 Å². The van der Waals surface area contributed by atoms with Crippen molar-refractivity contribution in [2.45, 2.75) is 19.7 Å². The molecule has 2 aromatic carbocycles. The quantitative estimate of drug-likeness (QED) is 0.382. The van der Waals surface area contributed by atoms with E-state index in [0.29, 0.717) is 19.1 Å². The maximum Gasteiger partial charge on any atom is 0.193 e. The molecule has 0 saturated carbocycles. The third-order valence-corrected chi connectivity index (χ3v) is 3.60. The highest BCUT2D eigenvalue weighted by molar-refractivity contribution is 14.0. The smallest absolute Gasteiger partial charge is 0.193 e. The van der Waals surface area contributed by atoms with Crippen molar-refractivity contribution in [2.24, 2.45) is 10.7 Å². The van der Waals surface area contributed by atoms with Crippen molar-refractivity contribution in [3.8, 4) is 0 Å². The molecule has 0 amide bonds. The number of halogens is 1. The summed E-state index contributed by atoms with van der Waals surface area (Å²) in [6, 6.07) is 16.2. The summed E-state index contributed by atoms with van der Waals surface area (Å²) in [5.41, 5.74) is 10.5. The van der Waals surface area contributed by atoms with Gasteiger partial charge in [0, 0.05) is 24.9 Å². The topological polar surface area (TPSA) is 62.9 Å². The highest BCUT2D eigenvalue weighted by Crippen LogP contribution is 2.16. The number of hydrogen-bond acceptors (Lipinski definition) is 3. The van der Waals surface area contributed by atoms with Crippen LogP contribution in [0.25, 0.3) is 0 Å². The number of benzene rings is 2. The number of nitrogens with zero attached hydrogens (tertiary/aromatic N) is 2. The summed E-state index contributed by atoms with van der Waals surface area (Å²) in [4.78, 5) is 6.63. The standard InChI is InChI=1S/C19H26N4O.HI/c1-23(2)13-16-9-5-4-8-15(16)12-21-19(20)22-18-11-7-6-10-17(18)14-24-3;/h4-11H,12-14H2,1-3H3,(H3,20,21,22);1H. The van der Waals surface area contributed by atoms with E-state index in [1.807, 2.05) is 30.3 Å². The molecule has 0 heterocycles. The van der Waals surface area contributed by atoms with Gasteiger partial charge >= 0.3 is 0 Å². The molecule has 0 fully saturated rings. The number of rotatable bonds is 7.